The smallest absolute Gasteiger partial charge is 0.199 e. The summed E-state index contributed by atoms with van der Waals surface area (Å²) in [6.07, 6.45) is 4.94. The van der Waals surface area contributed by atoms with Gasteiger partial charge in [0.1, 0.15) is 0 Å². The number of allylic oxidation sites excluding steroid dienone is 4. The van der Waals surface area contributed by atoms with Crippen molar-refractivity contribution in [1.82, 2.24) is 0 Å². The van der Waals surface area contributed by atoms with Gasteiger partial charge < -0.3 is 0 Å². The number of hydrogen-bond donors (Lipinski definition) is 0. The van der Waals surface area contributed by atoms with Gasteiger partial charge in [0, 0.05) is 5.41 Å². The molecule has 0 saturated carbocycles. The standard InChI is InChI=1S/C13H14O2S/c1-3-12(4-2)10-11-16(14,15)13-8-6-5-7-9-13/h3-11H,1H2,2H3/b11-10+,12-4+. The van der Waals surface area contributed by atoms with E-state index in [0.29, 0.717) is 4.90 Å². The van der Waals surface area contributed by atoms with Gasteiger partial charge in [-0.1, -0.05) is 36.9 Å². The molecule has 1 aromatic carbocycles. The first-order chi connectivity index (χ1) is 7.60. The zero-order valence-electron chi connectivity index (χ0n) is 9.13. The summed E-state index contributed by atoms with van der Waals surface area (Å²) in [6.45, 7) is 5.42. The molecule has 0 aromatic heterocycles. The maximum atomic E-state index is 11.8. The Balaban J connectivity index is 3.02. The van der Waals surface area contributed by atoms with Gasteiger partial charge in [-0.2, -0.15) is 0 Å². The normalized spacial score (nSPS) is 12.9. The molecule has 16 heavy (non-hydrogen) atoms. The predicted octanol–water partition coefficient (Wildman–Crippen LogP) is 3.11. The number of sulfone groups is 1. The summed E-state index contributed by atoms with van der Waals surface area (Å²) in [5.74, 6) is 0. The Bertz CT molecular complexity index is 508. The van der Waals surface area contributed by atoms with E-state index in [1.54, 1.807) is 42.5 Å². The van der Waals surface area contributed by atoms with Crippen LogP contribution in [0.2, 0.25) is 0 Å². The summed E-state index contributed by atoms with van der Waals surface area (Å²) in [5, 5.41) is 1.19. The molecule has 2 nitrogen and oxygen atoms in total. The molecule has 0 N–H and O–H groups in total. The van der Waals surface area contributed by atoms with Crippen LogP contribution in [0.3, 0.4) is 0 Å². The highest BCUT2D eigenvalue weighted by atomic mass is 32.2. The molecule has 0 aliphatic carbocycles. The molecule has 0 radical (unpaired) electrons. The molecule has 3 heteroatoms. The minimum Gasteiger partial charge on any atom is -0.219 e. The van der Waals surface area contributed by atoms with Crippen molar-refractivity contribution >= 4 is 9.84 Å². The third kappa shape index (κ3) is 3.21. The fourth-order valence-corrected chi connectivity index (χ4v) is 2.17. The van der Waals surface area contributed by atoms with E-state index in [2.05, 4.69) is 6.58 Å². The first-order valence-corrected chi connectivity index (χ1v) is 6.42. The van der Waals surface area contributed by atoms with Crippen molar-refractivity contribution < 1.29 is 8.42 Å². The van der Waals surface area contributed by atoms with Crippen LogP contribution in [0.5, 0.6) is 0 Å². The Morgan fingerprint density at radius 1 is 1.25 bits per heavy atom. The van der Waals surface area contributed by atoms with Crippen LogP contribution in [-0.2, 0) is 9.84 Å². The lowest BCUT2D eigenvalue weighted by Crippen LogP contribution is -1.95. The van der Waals surface area contributed by atoms with Crippen molar-refractivity contribution in [1.29, 1.82) is 0 Å². The molecule has 0 fully saturated rings. The van der Waals surface area contributed by atoms with Gasteiger partial charge in [-0.3, -0.25) is 0 Å². The van der Waals surface area contributed by atoms with Gasteiger partial charge in [0.15, 0.2) is 9.84 Å². The van der Waals surface area contributed by atoms with E-state index in [4.69, 9.17) is 0 Å². The lowest BCUT2D eigenvalue weighted by Gasteiger charge is -1.97. The quantitative estimate of drug-likeness (QED) is 0.750. The molecule has 1 aromatic rings. The van der Waals surface area contributed by atoms with Crippen molar-refractivity contribution in [3.63, 3.8) is 0 Å². The molecule has 0 atom stereocenters. The molecule has 0 saturated heterocycles. The van der Waals surface area contributed by atoms with Gasteiger partial charge in [0.05, 0.1) is 4.90 Å². The van der Waals surface area contributed by atoms with E-state index >= 15 is 0 Å². The van der Waals surface area contributed by atoms with Crippen molar-refractivity contribution in [2.75, 3.05) is 0 Å². The van der Waals surface area contributed by atoms with Crippen LogP contribution < -0.4 is 0 Å². The van der Waals surface area contributed by atoms with Gasteiger partial charge in [0.25, 0.3) is 0 Å². The highest BCUT2D eigenvalue weighted by Gasteiger charge is 2.08. The minimum atomic E-state index is -3.34. The van der Waals surface area contributed by atoms with Crippen LogP contribution in [0.25, 0.3) is 0 Å². The molecule has 0 amide bonds. The zero-order valence-corrected chi connectivity index (χ0v) is 9.94. The zero-order chi connectivity index (χ0) is 12.0. The van der Waals surface area contributed by atoms with Crippen molar-refractivity contribution in [2.45, 2.75) is 11.8 Å². The lowest BCUT2D eigenvalue weighted by atomic mass is 10.2. The van der Waals surface area contributed by atoms with Crippen LogP contribution in [0, 0.1) is 0 Å². The summed E-state index contributed by atoms with van der Waals surface area (Å²) in [4.78, 5) is 0.297. The monoisotopic (exact) mass is 234 g/mol. The summed E-state index contributed by atoms with van der Waals surface area (Å²) >= 11 is 0. The molecule has 0 heterocycles. The van der Waals surface area contributed by atoms with Crippen LogP contribution >= 0.6 is 0 Å². The molecule has 0 aliphatic heterocycles. The molecular weight excluding hydrogens is 220 g/mol. The van der Waals surface area contributed by atoms with Crippen LogP contribution in [0.1, 0.15) is 6.92 Å². The summed E-state index contributed by atoms with van der Waals surface area (Å²) in [5.41, 5.74) is 0.777. The fourth-order valence-electron chi connectivity index (χ4n) is 1.14. The van der Waals surface area contributed by atoms with Gasteiger partial charge >= 0.3 is 0 Å². The van der Waals surface area contributed by atoms with Gasteiger partial charge in [-0.25, -0.2) is 8.42 Å². The van der Waals surface area contributed by atoms with Crippen LogP contribution in [-0.4, -0.2) is 8.42 Å². The maximum Gasteiger partial charge on any atom is 0.199 e. The first-order valence-electron chi connectivity index (χ1n) is 4.87. The second kappa shape index (κ2) is 5.47. The Hall–Kier alpha value is -1.61. The summed E-state index contributed by atoms with van der Waals surface area (Å²) < 4.78 is 23.6. The molecule has 1 rings (SSSR count). The van der Waals surface area contributed by atoms with Crippen molar-refractivity contribution in [3.05, 3.63) is 66.1 Å². The van der Waals surface area contributed by atoms with E-state index in [1.165, 1.54) is 11.5 Å². The van der Waals surface area contributed by atoms with Crippen molar-refractivity contribution in [2.24, 2.45) is 0 Å². The number of rotatable bonds is 4. The average Bonchev–Trinajstić information content (AvgIpc) is 2.31. The van der Waals surface area contributed by atoms with E-state index in [0.717, 1.165) is 5.57 Å². The molecular formula is C13H14O2S. The predicted molar refractivity (Wildman–Crippen MR) is 66.7 cm³/mol. The van der Waals surface area contributed by atoms with Crippen LogP contribution in [0.15, 0.2) is 71.0 Å². The highest BCUT2D eigenvalue weighted by Crippen LogP contribution is 2.12. The maximum absolute atomic E-state index is 11.8. The molecule has 0 bridgehead atoms. The third-order valence-corrected chi connectivity index (χ3v) is 3.50. The van der Waals surface area contributed by atoms with Crippen LogP contribution in [0.4, 0.5) is 0 Å². The Kier molecular flexibility index (Phi) is 4.26. The largest absolute Gasteiger partial charge is 0.219 e. The fraction of sp³-hybridized carbons (Fsp3) is 0.0769. The second-order valence-electron chi connectivity index (χ2n) is 3.15. The van der Waals surface area contributed by atoms with Gasteiger partial charge in [0.2, 0.25) is 0 Å². The lowest BCUT2D eigenvalue weighted by molar-refractivity contribution is 0.604. The second-order valence-corrected chi connectivity index (χ2v) is 4.99. The SMILES string of the molecule is C=CC(/C=C/S(=O)(=O)c1ccccc1)=C\C. The summed E-state index contributed by atoms with van der Waals surface area (Å²) in [6, 6.07) is 8.32. The Morgan fingerprint density at radius 3 is 2.38 bits per heavy atom. The summed E-state index contributed by atoms with van der Waals surface area (Å²) in [7, 11) is -3.34. The number of benzene rings is 1. The van der Waals surface area contributed by atoms with Gasteiger partial charge in [-0.05, 0) is 30.7 Å². The van der Waals surface area contributed by atoms with E-state index < -0.39 is 9.84 Å². The van der Waals surface area contributed by atoms with E-state index in [1.807, 2.05) is 6.92 Å². The number of hydrogen-bond acceptors (Lipinski definition) is 2. The topological polar surface area (TPSA) is 34.1 Å². The molecule has 0 spiro atoms. The average molecular weight is 234 g/mol. The van der Waals surface area contributed by atoms with Gasteiger partial charge in [-0.15, -0.1) is 0 Å². The van der Waals surface area contributed by atoms with Crippen molar-refractivity contribution in [3.8, 4) is 0 Å². The molecule has 0 unspecified atom stereocenters. The Labute approximate surface area is 96.5 Å². The highest BCUT2D eigenvalue weighted by molar-refractivity contribution is 7.94. The first kappa shape index (κ1) is 12.5. The van der Waals surface area contributed by atoms with E-state index in [9.17, 15) is 8.42 Å². The minimum absolute atomic E-state index is 0.297. The molecule has 84 valence electrons. The van der Waals surface area contributed by atoms with E-state index in [-0.39, 0.29) is 0 Å². The third-order valence-electron chi connectivity index (χ3n) is 2.08. The Morgan fingerprint density at radius 2 is 1.88 bits per heavy atom. The molecule has 0 aliphatic rings.